The van der Waals surface area contributed by atoms with Crippen molar-refractivity contribution in [2.45, 2.75) is 18.0 Å². The zero-order valence-corrected chi connectivity index (χ0v) is 10.3. The van der Waals surface area contributed by atoms with E-state index >= 15 is 0 Å². The Balaban J connectivity index is 2.25. The SMILES string of the molecule is Fc1ccc(C(Cl)Cc2ncc[nH]2)cc1C(F)(F)F. The van der Waals surface area contributed by atoms with Gasteiger partial charge in [0.25, 0.3) is 0 Å². The number of benzene rings is 1. The molecule has 2 aromatic rings. The van der Waals surface area contributed by atoms with Crippen LogP contribution >= 0.6 is 11.6 Å². The fraction of sp³-hybridized carbons (Fsp3) is 0.250. The molecule has 0 aliphatic heterocycles. The molecule has 0 bridgehead atoms. The highest BCUT2D eigenvalue weighted by Gasteiger charge is 2.34. The molecule has 1 unspecified atom stereocenters. The molecule has 1 aromatic carbocycles. The number of aromatic amines is 1. The van der Waals surface area contributed by atoms with E-state index in [0.29, 0.717) is 5.82 Å². The predicted molar refractivity (Wildman–Crippen MR) is 62.3 cm³/mol. The van der Waals surface area contributed by atoms with Gasteiger partial charge in [0, 0.05) is 18.8 Å². The van der Waals surface area contributed by atoms with E-state index in [1.807, 2.05) is 0 Å². The summed E-state index contributed by atoms with van der Waals surface area (Å²) in [4.78, 5) is 6.74. The number of hydrogen-bond donors (Lipinski definition) is 1. The van der Waals surface area contributed by atoms with E-state index in [1.165, 1.54) is 12.3 Å². The maximum absolute atomic E-state index is 13.1. The van der Waals surface area contributed by atoms with Gasteiger partial charge >= 0.3 is 6.18 Å². The highest BCUT2D eigenvalue weighted by Crippen LogP contribution is 2.34. The van der Waals surface area contributed by atoms with E-state index in [9.17, 15) is 17.6 Å². The maximum Gasteiger partial charge on any atom is 0.419 e. The number of alkyl halides is 4. The highest BCUT2D eigenvalue weighted by atomic mass is 35.5. The van der Waals surface area contributed by atoms with Crippen molar-refractivity contribution < 1.29 is 17.6 Å². The largest absolute Gasteiger partial charge is 0.419 e. The van der Waals surface area contributed by atoms with Crippen molar-refractivity contribution in [3.8, 4) is 0 Å². The second-order valence-electron chi connectivity index (χ2n) is 3.94. The number of nitrogens with zero attached hydrogens (tertiary/aromatic N) is 1. The lowest BCUT2D eigenvalue weighted by molar-refractivity contribution is -0.140. The van der Waals surface area contributed by atoms with Crippen LogP contribution < -0.4 is 0 Å². The van der Waals surface area contributed by atoms with Gasteiger partial charge in [-0.05, 0) is 17.7 Å². The number of rotatable bonds is 3. The summed E-state index contributed by atoms with van der Waals surface area (Å²) in [6.07, 6.45) is -1.39. The molecule has 0 aliphatic carbocycles. The first-order chi connectivity index (χ1) is 8.88. The van der Waals surface area contributed by atoms with E-state index in [1.54, 1.807) is 6.20 Å². The van der Waals surface area contributed by atoms with Crippen LogP contribution in [0.15, 0.2) is 30.6 Å². The molecular weight excluding hydrogens is 284 g/mol. The van der Waals surface area contributed by atoms with E-state index in [0.717, 1.165) is 12.1 Å². The summed E-state index contributed by atoms with van der Waals surface area (Å²) in [7, 11) is 0. The molecule has 1 heterocycles. The molecule has 2 rings (SSSR count). The topological polar surface area (TPSA) is 28.7 Å². The van der Waals surface area contributed by atoms with Crippen LogP contribution in [0.5, 0.6) is 0 Å². The third-order valence-electron chi connectivity index (χ3n) is 2.58. The molecule has 19 heavy (non-hydrogen) atoms. The molecule has 0 saturated heterocycles. The average molecular weight is 293 g/mol. The molecule has 0 aliphatic rings. The van der Waals surface area contributed by atoms with Crippen LogP contribution in [0, 0.1) is 5.82 Å². The summed E-state index contributed by atoms with van der Waals surface area (Å²) in [5.41, 5.74) is -1.11. The maximum atomic E-state index is 13.1. The summed E-state index contributed by atoms with van der Waals surface area (Å²) < 4.78 is 50.8. The molecule has 0 amide bonds. The molecule has 102 valence electrons. The van der Waals surface area contributed by atoms with Gasteiger partial charge in [0.05, 0.1) is 10.9 Å². The first-order valence-electron chi connectivity index (χ1n) is 5.37. The molecular formula is C12H9ClF4N2. The quantitative estimate of drug-likeness (QED) is 0.670. The van der Waals surface area contributed by atoms with Crippen LogP contribution in [0.25, 0.3) is 0 Å². The highest BCUT2D eigenvalue weighted by molar-refractivity contribution is 6.20. The summed E-state index contributed by atoms with van der Waals surface area (Å²) >= 11 is 6.02. The lowest BCUT2D eigenvalue weighted by Gasteiger charge is -2.13. The second kappa shape index (κ2) is 5.21. The van der Waals surface area contributed by atoms with Crippen LogP contribution in [-0.2, 0) is 12.6 Å². The van der Waals surface area contributed by atoms with Crippen molar-refractivity contribution >= 4 is 11.6 Å². The Kier molecular flexibility index (Phi) is 3.80. The second-order valence-corrected chi connectivity index (χ2v) is 4.47. The third-order valence-corrected chi connectivity index (χ3v) is 2.99. The van der Waals surface area contributed by atoms with E-state index in [4.69, 9.17) is 11.6 Å². The summed E-state index contributed by atoms with van der Waals surface area (Å²) in [6.45, 7) is 0. The lowest BCUT2D eigenvalue weighted by atomic mass is 10.0. The molecule has 0 spiro atoms. The molecule has 2 nitrogen and oxygen atoms in total. The van der Waals surface area contributed by atoms with Gasteiger partial charge in [-0.25, -0.2) is 9.37 Å². The fourth-order valence-electron chi connectivity index (χ4n) is 1.65. The van der Waals surface area contributed by atoms with Crippen molar-refractivity contribution in [2.24, 2.45) is 0 Å². The molecule has 1 aromatic heterocycles. The van der Waals surface area contributed by atoms with Crippen molar-refractivity contribution in [3.63, 3.8) is 0 Å². The Hall–Kier alpha value is -1.56. The average Bonchev–Trinajstić information content (AvgIpc) is 2.80. The molecule has 0 fully saturated rings. The van der Waals surface area contributed by atoms with Crippen LogP contribution in [0.3, 0.4) is 0 Å². The van der Waals surface area contributed by atoms with Crippen molar-refractivity contribution in [1.82, 2.24) is 9.97 Å². The smallest absolute Gasteiger partial charge is 0.349 e. The molecule has 0 radical (unpaired) electrons. The van der Waals surface area contributed by atoms with Crippen LogP contribution in [0.4, 0.5) is 17.6 Å². The summed E-state index contributed by atoms with van der Waals surface area (Å²) in [6, 6.07) is 2.75. The molecule has 7 heteroatoms. The van der Waals surface area contributed by atoms with E-state index in [2.05, 4.69) is 9.97 Å². The van der Waals surface area contributed by atoms with Gasteiger partial charge in [0.15, 0.2) is 0 Å². The Morgan fingerprint density at radius 3 is 2.63 bits per heavy atom. The number of H-pyrrole nitrogens is 1. The Labute approximate surface area is 111 Å². The number of imidazole rings is 1. The van der Waals surface area contributed by atoms with Crippen LogP contribution in [0.1, 0.15) is 22.3 Å². The van der Waals surface area contributed by atoms with Gasteiger partial charge in [-0.15, -0.1) is 11.6 Å². The van der Waals surface area contributed by atoms with Crippen molar-refractivity contribution in [2.75, 3.05) is 0 Å². The summed E-state index contributed by atoms with van der Waals surface area (Å²) in [5, 5.41) is -0.715. The molecule has 1 N–H and O–H groups in total. The zero-order valence-electron chi connectivity index (χ0n) is 9.51. The van der Waals surface area contributed by atoms with Crippen molar-refractivity contribution in [1.29, 1.82) is 0 Å². The Bertz CT molecular complexity index is 551. The molecule has 0 saturated carbocycles. The fourth-order valence-corrected chi connectivity index (χ4v) is 1.93. The minimum atomic E-state index is -4.73. The number of hydrogen-bond acceptors (Lipinski definition) is 1. The first-order valence-corrected chi connectivity index (χ1v) is 5.80. The van der Waals surface area contributed by atoms with Crippen LogP contribution in [-0.4, -0.2) is 9.97 Å². The van der Waals surface area contributed by atoms with Gasteiger partial charge in [-0.2, -0.15) is 13.2 Å². The first kappa shape index (κ1) is 13.9. The van der Waals surface area contributed by atoms with E-state index < -0.39 is 22.9 Å². The Morgan fingerprint density at radius 2 is 2.05 bits per heavy atom. The van der Waals surface area contributed by atoms with Crippen LogP contribution in [0.2, 0.25) is 0 Å². The van der Waals surface area contributed by atoms with Crippen molar-refractivity contribution in [3.05, 3.63) is 53.4 Å². The zero-order chi connectivity index (χ0) is 14.0. The number of nitrogens with one attached hydrogen (secondary N) is 1. The van der Waals surface area contributed by atoms with E-state index in [-0.39, 0.29) is 12.0 Å². The standard InChI is InChI=1S/C12H9ClF4N2/c13-9(6-11-18-3-4-19-11)7-1-2-10(14)8(5-7)12(15,16)17/h1-5,9H,6H2,(H,18,19). The van der Waals surface area contributed by atoms with Gasteiger partial charge in [-0.1, -0.05) is 6.07 Å². The molecule has 1 atom stereocenters. The summed E-state index contributed by atoms with van der Waals surface area (Å²) in [5.74, 6) is -0.754. The minimum absolute atomic E-state index is 0.201. The Morgan fingerprint density at radius 1 is 1.32 bits per heavy atom. The van der Waals surface area contributed by atoms with Gasteiger partial charge in [0.1, 0.15) is 11.6 Å². The van der Waals surface area contributed by atoms with Gasteiger partial charge < -0.3 is 4.98 Å². The monoisotopic (exact) mass is 292 g/mol. The van der Waals surface area contributed by atoms with Gasteiger partial charge in [0.2, 0.25) is 0 Å². The normalized spacial score (nSPS) is 13.5. The third kappa shape index (κ3) is 3.26. The van der Waals surface area contributed by atoms with Gasteiger partial charge in [-0.3, -0.25) is 0 Å². The minimum Gasteiger partial charge on any atom is -0.349 e. The predicted octanol–water partition coefficient (Wildman–Crippen LogP) is 4.09. The number of aromatic nitrogens is 2. The number of halogens is 5. The lowest BCUT2D eigenvalue weighted by Crippen LogP contribution is -2.09.